The molecule has 1 aliphatic heterocycles. The van der Waals surface area contributed by atoms with Gasteiger partial charge >= 0.3 is 0 Å². The molecular formula is C12H14O2. The standard InChI is InChI=1S/C12H14O2/c1-2-4-11-9(7-10-8-14-10)5-3-6-12(11)13/h2-3,5-6,10,13H,1,4,7-8H2. The zero-order chi connectivity index (χ0) is 9.97. The molecule has 1 unspecified atom stereocenters. The van der Waals surface area contributed by atoms with Crippen LogP contribution in [0.5, 0.6) is 5.75 Å². The molecule has 14 heavy (non-hydrogen) atoms. The van der Waals surface area contributed by atoms with Gasteiger partial charge in [-0.25, -0.2) is 0 Å². The molecule has 1 aliphatic rings. The molecule has 1 saturated heterocycles. The van der Waals surface area contributed by atoms with E-state index < -0.39 is 0 Å². The Hall–Kier alpha value is -1.28. The first-order chi connectivity index (χ1) is 6.81. The highest BCUT2D eigenvalue weighted by Crippen LogP contribution is 2.25. The number of hydrogen-bond acceptors (Lipinski definition) is 2. The Morgan fingerprint density at radius 2 is 2.36 bits per heavy atom. The van der Waals surface area contributed by atoms with E-state index in [0.717, 1.165) is 18.6 Å². The number of aromatic hydroxyl groups is 1. The average molecular weight is 190 g/mol. The number of benzene rings is 1. The molecule has 74 valence electrons. The Kier molecular flexibility index (Phi) is 2.55. The summed E-state index contributed by atoms with van der Waals surface area (Å²) in [4.78, 5) is 0. The van der Waals surface area contributed by atoms with Gasteiger partial charge in [0.1, 0.15) is 5.75 Å². The molecule has 0 aliphatic carbocycles. The maximum atomic E-state index is 9.67. The van der Waals surface area contributed by atoms with Gasteiger partial charge in [0, 0.05) is 12.0 Å². The van der Waals surface area contributed by atoms with E-state index in [1.54, 1.807) is 6.07 Å². The molecule has 1 heterocycles. The van der Waals surface area contributed by atoms with Crippen LogP contribution in [0.1, 0.15) is 11.1 Å². The molecule has 0 aromatic heterocycles. The maximum Gasteiger partial charge on any atom is 0.119 e. The molecule has 0 spiro atoms. The number of epoxide rings is 1. The number of rotatable bonds is 4. The zero-order valence-electron chi connectivity index (χ0n) is 8.07. The summed E-state index contributed by atoms with van der Waals surface area (Å²) < 4.78 is 5.18. The van der Waals surface area contributed by atoms with Crippen molar-refractivity contribution in [3.8, 4) is 5.75 Å². The van der Waals surface area contributed by atoms with Gasteiger partial charge in [-0.3, -0.25) is 0 Å². The summed E-state index contributed by atoms with van der Waals surface area (Å²) in [5, 5.41) is 9.67. The van der Waals surface area contributed by atoms with E-state index in [-0.39, 0.29) is 0 Å². The molecule has 2 rings (SSSR count). The molecule has 1 aromatic carbocycles. The van der Waals surface area contributed by atoms with Gasteiger partial charge in [-0.05, 0) is 18.1 Å². The predicted octanol–water partition coefficient (Wildman–Crippen LogP) is 2.06. The largest absolute Gasteiger partial charge is 0.508 e. The lowest BCUT2D eigenvalue weighted by Gasteiger charge is -2.08. The smallest absolute Gasteiger partial charge is 0.119 e. The topological polar surface area (TPSA) is 32.8 Å². The van der Waals surface area contributed by atoms with Crippen molar-refractivity contribution in [2.45, 2.75) is 18.9 Å². The van der Waals surface area contributed by atoms with Crippen molar-refractivity contribution in [2.24, 2.45) is 0 Å². The van der Waals surface area contributed by atoms with E-state index in [2.05, 4.69) is 6.58 Å². The molecule has 2 heteroatoms. The molecule has 1 fully saturated rings. The molecule has 1 aromatic rings. The Morgan fingerprint density at radius 3 is 3.00 bits per heavy atom. The molecular weight excluding hydrogens is 176 g/mol. The second-order valence-electron chi connectivity index (χ2n) is 3.57. The SMILES string of the molecule is C=CCc1c(O)cccc1CC1CO1. The van der Waals surface area contributed by atoms with Gasteiger partial charge in [0.05, 0.1) is 12.7 Å². The highest BCUT2D eigenvalue weighted by Gasteiger charge is 2.24. The van der Waals surface area contributed by atoms with Gasteiger partial charge in [-0.1, -0.05) is 18.2 Å². The lowest BCUT2D eigenvalue weighted by Crippen LogP contribution is -1.98. The zero-order valence-corrected chi connectivity index (χ0v) is 8.07. The van der Waals surface area contributed by atoms with Crippen molar-refractivity contribution < 1.29 is 9.84 Å². The average Bonchev–Trinajstić information content (AvgIpc) is 2.95. The third-order valence-corrected chi connectivity index (χ3v) is 2.45. The van der Waals surface area contributed by atoms with Crippen molar-refractivity contribution in [3.63, 3.8) is 0 Å². The van der Waals surface area contributed by atoms with E-state index in [0.29, 0.717) is 18.3 Å². The third kappa shape index (κ3) is 1.96. The van der Waals surface area contributed by atoms with Gasteiger partial charge in [0.25, 0.3) is 0 Å². The molecule has 1 atom stereocenters. The van der Waals surface area contributed by atoms with Gasteiger partial charge in [-0.15, -0.1) is 6.58 Å². The predicted molar refractivity (Wildman–Crippen MR) is 55.5 cm³/mol. The summed E-state index contributed by atoms with van der Waals surface area (Å²) in [7, 11) is 0. The van der Waals surface area contributed by atoms with E-state index in [9.17, 15) is 5.11 Å². The first kappa shape index (κ1) is 9.28. The van der Waals surface area contributed by atoms with Crippen LogP contribution in [0.15, 0.2) is 30.9 Å². The van der Waals surface area contributed by atoms with Crippen LogP contribution in [-0.4, -0.2) is 17.8 Å². The highest BCUT2D eigenvalue weighted by molar-refractivity contribution is 5.41. The summed E-state index contributed by atoms with van der Waals surface area (Å²) in [5.74, 6) is 0.364. The van der Waals surface area contributed by atoms with Crippen LogP contribution in [0.2, 0.25) is 0 Å². The fraction of sp³-hybridized carbons (Fsp3) is 0.333. The third-order valence-electron chi connectivity index (χ3n) is 2.45. The molecule has 2 nitrogen and oxygen atoms in total. The molecule has 1 N–H and O–H groups in total. The van der Waals surface area contributed by atoms with Crippen molar-refractivity contribution in [1.29, 1.82) is 0 Å². The fourth-order valence-corrected chi connectivity index (χ4v) is 1.62. The Bertz CT molecular complexity index is 340. The number of ether oxygens (including phenoxy) is 1. The second kappa shape index (κ2) is 3.84. The summed E-state index contributed by atoms with van der Waals surface area (Å²) in [6, 6.07) is 5.63. The maximum absolute atomic E-state index is 9.67. The minimum Gasteiger partial charge on any atom is -0.508 e. The van der Waals surface area contributed by atoms with Crippen LogP contribution < -0.4 is 0 Å². The van der Waals surface area contributed by atoms with Crippen molar-refractivity contribution in [2.75, 3.05) is 6.61 Å². The summed E-state index contributed by atoms with van der Waals surface area (Å²) >= 11 is 0. The Balaban J connectivity index is 2.25. The van der Waals surface area contributed by atoms with E-state index in [1.165, 1.54) is 5.56 Å². The second-order valence-corrected chi connectivity index (χ2v) is 3.57. The van der Waals surface area contributed by atoms with E-state index >= 15 is 0 Å². The summed E-state index contributed by atoms with van der Waals surface area (Å²) in [6.07, 6.45) is 3.79. The van der Waals surface area contributed by atoms with Gasteiger partial charge in [0.2, 0.25) is 0 Å². The first-order valence-electron chi connectivity index (χ1n) is 4.83. The molecule has 0 amide bonds. The van der Waals surface area contributed by atoms with Crippen molar-refractivity contribution >= 4 is 0 Å². The van der Waals surface area contributed by atoms with Gasteiger partial charge in [0.15, 0.2) is 0 Å². The van der Waals surface area contributed by atoms with Crippen LogP contribution in [0, 0.1) is 0 Å². The minimum atomic E-state index is 0.361. The first-order valence-corrected chi connectivity index (χ1v) is 4.83. The van der Waals surface area contributed by atoms with E-state index in [4.69, 9.17) is 4.74 Å². The summed E-state index contributed by atoms with van der Waals surface area (Å²) in [6.45, 7) is 4.54. The van der Waals surface area contributed by atoms with Crippen LogP contribution >= 0.6 is 0 Å². The lowest BCUT2D eigenvalue weighted by molar-refractivity contribution is 0.406. The van der Waals surface area contributed by atoms with E-state index in [1.807, 2.05) is 18.2 Å². The minimum absolute atomic E-state index is 0.361. The Labute approximate surface area is 83.8 Å². The summed E-state index contributed by atoms with van der Waals surface area (Å²) in [5.41, 5.74) is 2.16. The Morgan fingerprint density at radius 1 is 1.57 bits per heavy atom. The lowest BCUT2D eigenvalue weighted by atomic mass is 9.99. The van der Waals surface area contributed by atoms with Crippen LogP contribution in [0.3, 0.4) is 0 Å². The molecule has 0 bridgehead atoms. The van der Waals surface area contributed by atoms with Crippen molar-refractivity contribution in [3.05, 3.63) is 42.0 Å². The van der Waals surface area contributed by atoms with Gasteiger partial charge in [-0.2, -0.15) is 0 Å². The number of phenolic OH excluding ortho intramolecular Hbond substituents is 1. The van der Waals surface area contributed by atoms with Crippen LogP contribution in [0.25, 0.3) is 0 Å². The number of hydrogen-bond donors (Lipinski definition) is 1. The normalized spacial score (nSPS) is 19.3. The monoisotopic (exact) mass is 190 g/mol. The van der Waals surface area contributed by atoms with Crippen LogP contribution in [0.4, 0.5) is 0 Å². The quantitative estimate of drug-likeness (QED) is 0.582. The van der Waals surface area contributed by atoms with Gasteiger partial charge < -0.3 is 9.84 Å². The molecule has 0 saturated carbocycles. The number of phenols is 1. The van der Waals surface area contributed by atoms with Crippen LogP contribution in [-0.2, 0) is 17.6 Å². The van der Waals surface area contributed by atoms with Crippen molar-refractivity contribution in [1.82, 2.24) is 0 Å². The number of allylic oxidation sites excluding steroid dienone is 1. The fourth-order valence-electron chi connectivity index (χ4n) is 1.62. The highest BCUT2D eigenvalue weighted by atomic mass is 16.6. The molecule has 0 radical (unpaired) electrons.